The minimum Gasteiger partial charge on any atom is -1.00 e. The predicted molar refractivity (Wildman–Crippen MR) is 41.3 cm³/mol. The third kappa shape index (κ3) is 9.69. The molecule has 0 bridgehead atoms. The Morgan fingerprint density at radius 3 is 1.00 bits per heavy atom. The quantitative estimate of drug-likeness (QED) is 0.349. The molecule has 0 heterocycles. The van der Waals surface area contributed by atoms with Gasteiger partial charge in [-0.3, -0.25) is 0 Å². The molecule has 8 heavy (non-hydrogen) atoms. The fourth-order valence-corrected chi connectivity index (χ4v) is 0. The van der Waals surface area contributed by atoms with Crippen molar-refractivity contribution in [3.05, 3.63) is 11.1 Å². The standard InChI is InChI=1S/C6H12.Mg.H2O.2H/c1-5(2)6(3)4;;;;/h1-4H3;;1H2;;/q;+2;;2*-1. The van der Waals surface area contributed by atoms with Gasteiger partial charge in [-0.15, -0.1) is 0 Å². The van der Waals surface area contributed by atoms with Crippen molar-refractivity contribution in [3.63, 3.8) is 0 Å². The largest absolute Gasteiger partial charge is 2.00 e. The first-order valence-electron chi connectivity index (χ1n) is 2.25. The van der Waals surface area contributed by atoms with E-state index in [1.165, 1.54) is 11.1 Å². The second-order valence-corrected chi connectivity index (χ2v) is 2.00. The summed E-state index contributed by atoms with van der Waals surface area (Å²) in [5.41, 5.74) is 2.85. The van der Waals surface area contributed by atoms with Gasteiger partial charge in [-0.2, -0.15) is 0 Å². The molecule has 0 aromatic carbocycles. The topological polar surface area (TPSA) is 31.5 Å². The van der Waals surface area contributed by atoms with Crippen molar-refractivity contribution in [2.75, 3.05) is 0 Å². The van der Waals surface area contributed by atoms with Crippen LogP contribution in [0, 0.1) is 0 Å². The van der Waals surface area contributed by atoms with Gasteiger partial charge >= 0.3 is 23.1 Å². The summed E-state index contributed by atoms with van der Waals surface area (Å²) < 4.78 is 0. The Bertz CT molecular complexity index is 65.8. The normalized spacial score (nSPS) is 6.00. The number of hydrogen-bond donors (Lipinski definition) is 0. The van der Waals surface area contributed by atoms with Gasteiger partial charge in [0.05, 0.1) is 0 Å². The van der Waals surface area contributed by atoms with Gasteiger partial charge in [0.1, 0.15) is 0 Å². The third-order valence-corrected chi connectivity index (χ3v) is 1.00. The first-order chi connectivity index (χ1) is 2.64. The average molecular weight is 128 g/mol. The van der Waals surface area contributed by atoms with E-state index in [4.69, 9.17) is 0 Å². The van der Waals surface area contributed by atoms with Crippen molar-refractivity contribution in [3.8, 4) is 0 Å². The molecule has 48 valence electrons. The van der Waals surface area contributed by atoms with Crippen LogP contribution in [0.5, 0.6) is 0 Å². The van der Waals surface area contributed by atoms with Gasteiger partial charge in [0.25, 0.3) is 0 Å². The van der Waals surface area contributed by atoms with E-state index < -0.39 is 0 Å². The molecule has 0 aliphatic carbocycles. The van der Waals surface area contributed by atoms with Crippen molar-refractivity contribution in [1.29, 1.82) is 0 Å². The summed E-state index contributed by atoms with van der Waals surface area (Å²) in [6.45, 7) is 8.48. The second kappa shape index (κ2) is 7.47. The van der Waals surface area contributed by atoms with E-state index in [9.17, 15) is 0 Å². The minimum atomic E-state index is 0. The first kappa shape index (κ1) is 15.8. The molecule has 0 aromatic rings. The zero-order valence-electron chi connectivity index (χ0n) is 8.21. The Hall–Kier alpha value is 0.466. The molecule has 0 unspecified atom stereocenters. The van der Waals surface area contributed by atoms with Gasteiger partial charge in [0.15, 0.2) is 0 Å². The monoisotopic (exact) mass is 128 g/mol. The van der Waals surface area contributed by atoms with Gasteiger partial charge in [0.2, 0.25) is 0 Å². The van der Waals surface area contributed by atoms with E-state index >= 15 is 0 Å². The van der Waals surface area contributed by atoms with E-state index in [2.05, 4.69) is 27.7 Å². The Labute approximate surface area is 70.6 Å². The molecule has 0 radical (unpaired) electrons. The van der Waals surface area contributed by atoms with Crippen LogP contribution in [0.1, 0.15) is 30.5 Å². The molecule has 0 saturated heterocycles. The molecule has 0 atom stereocenters. The molecule has 0 saturated carbocycles. The Morgan fingerprint density at radius 2 is 1.00 bits per heavy atom. The van der Waals surface area contributed by atoms with Crippen LogP contribution in [0.25, 0.3) is 0 Å². The van der Waals surface area contributed by atoms with Crippen LogP contribution in [-0.4, -0.2) is 28.5 Å². The maximum absolute atomic E-state index is 2.12. The molecule has 0 rings (SSSR count). The molecule has 0 amide bonds. The molecule has 0 aliphatic rings. The summed E-state index contributed by atoms with van der Waals surface area (Å²) >= 11 is 0. The maximum Gasteiger partial charge on any atom is 2.00 e. The van der Waals surface area contributed by atoms with Gasteiger partial charge in [-0.25, -0.2) is 0 Å². The van der Waals surface area contributed by atoms with Crippen molar-refractivity contribution in [1.82, 2.24) is 0 Å². The zero-order chi connectivity index (χ0) is 5.15. The van der Waals surface area contributed by atoms with Crippen LogP contribution in [0.4, 0.5) is 0 Å². The minimum absolute atomic E-state index is 0. The van der Waals surface area contributed by atoms with Crippen molar-refractivity contribution in [2.45, 2.75) is 27.7 Å². The predicted octanol–water partition coefficient (Wildman–Crippen LogP) is 1.38. The summed E-state index contributed by atoms with van der Waals surface area (Å²) in [5, 5.41) is 0. The summed E-state index contributed by atoms with van der Waals surface area (Å²) in [6, 6.07) is 0. The average Bonchev–Trinajstić information content (AvgIpc) is 1.36. The van der Waals surface area contributed by atoms with Gasteiger partial charge in [0, 0.05) is 0 Å². The summed E-state index contributed by atoms with van der Waals surface area (Å²) in [6.07, 6.45) is 0. The molecule has 2 N–H and O–H groups in total. The molecule has 2 heteroatoms. The molecule has 1 nitrogen and oxygen atoms in total. The van der Waals surface area contributed by atoms with Crippen LogP contribution in [0.3, 0.4) is 0 Å². The van der Waals surface area contributed by atoms with Crippen molar-refractivity contribution >= 4 is 23.1 Å². The summed E-state index contributed by atoms with van der Waals surface area (Å²) in [7, 11) is 0. The van der Waals surface area contributed by atoms with Crippen LogP contribution in [0.15, 0.2) is 11.1 Å². The summed E-state index contributed by atoms with van der Waals surface area (Å²) in [4.78, 5) is 0. The third-order valence-electron chi connectivity index (χ3n) is 1.00. The van der Waals surface area contributed by atoms with Crippen molar-refractivity contribution < 1.29 is 8.33 Å². The van der Waals surface area contributed by atoms with E-state index in [0.29, 0.717) is 0 Å². The Kier molecular flexibility index (Phi) is 14.7. The van der Waals surface area contributed by atoms with Gasteiger partial charge in [-0.05, 0) is 27.7 Å². The maximum atomic E-state index is 2.12. The van der Waals surface area contributed by atoms with E-state index in [1.807, 2.05) is 0 Å². The van der Waals surface area contributed by atoms with Crippen LogP contribution in [-0.2, 0) is 0 Å². The second-order valence-electron chi connectivity index (χ2n) is 2.00. The summed E-state index contributed by atoms with van der Waals surface area (Å²) in [5.74, 6) is 0. The number of hydrogen-bond acceptors (Lipinski definition) is 0. The fourth-order valence-electron chi connectivity index (χ4n) is 0. The van der Waals surface area contributed by atoms with Crippen LogP contribution in [0.2, 0.25) is 0 Å². The Morgan fingerprint density at radius 1 is 0.875 bits per heavy atom. The molecule has 0 aliphatic heterocycles. The van der Waals surface area contributed by atoms with Crippen molar-refractivity contribution in [2.24, 2.45) is 0 Å². The fraction of sp³-hybridized carbons (Fsp3) is 0.667. The molecule has 0 aromatic heterocycles. The molecular weight excluding hydrogens is 112 g/mol. The van der Waals surface area contributed by atoms with E-state index in [1.54, 1.807) is 0 Å². The zero-order valence-corrected chi connectivity index (χ0v) is 7.62. The SMILES string of the molecule is CC(C)=C(C)C.O.[H-].[H-].[Mg+2]. The van der Waals surface area contributed by atoms with Crippen LogP contribution < -0.4 is 0 Å². The molecule has 0 fully saturated rings. The Balaban J connectivity index is -0.0000000208. The van der Waals surface area contributed by atoms with E-state index in [0.717, 1.165) is 0 Å². The van der Waals surface area contributed by atoms with Crippen LogP contribution >= 0.6 is 0 Å². The number of rotatable bonds is 0. The van der Waals surface area contributed by atoms with Gasteiger partial charge < -0.3 is 8.33 Å². The van der Waals surface area contributed by atoms with Gasteiger partial charge in [-0.1, -0.05) is 11.1 Å². The van der Waals surface area contributed by atoms with E-state index in [-0.39, 0.29) is 31.4 Å². The first-order valence-corrected chi connectivity index (χ1v) is 2.25. The number of allylic oxidation sites excluding steroid dienone is 2. The molecular formula is C6H16MgO. The molecule has 0 spiro atoms. The smallest absolute Gasteiger partial charge is 1.00 e.